The van der Waals surface area contributed by atoms with Crippen LogP contribution in [0.4, 0.5) is 0 Å². The molecule has 8 heteroatoms. The third-order valence-electron chi connectivity index (χ3n) is 3.89. The van der Waals surface area contributed by atoms with Gasteiger partial charge in [-0.3, -0.25) is 14.4 Å². The van der Waals surface area contributed by atoms with E-state index in [9.17, 15) is 14.7 Å². The van der Waals surface area contributed by atoms with E-state index in [4.69, 9.17) is 0 Å². The standard InChI is InChI=1S/C13H12N4O3S/c1-7-11(13(19)20)17-9(18)6-10(17)21-12(7)16-4-2-8-14-3-5-15(8)16/h2-5,10,12H,6H2,1H3,(H,19,20). The molecule has 4 heterocycles. The van der Waals surface area contributed by atoms with Gasteiger partial charge in [0.2, 0.25) is 5.91 Å². The van der Waals surface area contributed by atoms with Crippen LogP contribution in [0.3, 0.4) is 0 Å². The highest BCUT2D eigenvalue weighted by Crippen LogP contribution is 2.48. The van der Waals surface area contributed by atoms with Crippen molar-refractivity contribution in [3.05, 3.63) is 35.9 Å². The minimum atomic E-state index is -1.05. The number of carboxylic acid groups (broad SMARTS) is 1. The molecule has 2 aromatic heterocycles. The summed E-state index contributed by atoms with van der Waals surface area (Å²) < 4.78 is 3.84. The fourth-order valence-electron chi connectivity index (χ4n) is 2.88. The van der Waals surface area contributed by atoms with Gasteiger partial charge in [0, 0.05) is 24.7 Å². The molecule has 7 nitrogen and oxygen atoms in total. The second-order valence-corrected chi connectivity index (χ2v) is 6.34. The molecule has 21 heavy (non-hydrogen) atoms. The lowest BCUT2D eigenvalue weighted by molar-refractivity contribution is -0.146. The summed E-state index contributed by atoms with van der Waals surface area (Å²) >= 11 is 1.59. The fraction of sp³-hybridized carbons (Fsp3) is 0.308. The highest BCUT2D eigenvalue weighted by molar-refractivity contribution is 8.00. The lowest BCUT2D eigenvalue weighted by Gasteiger charge is -2.46. The van der Waals surface area contributed by atoms with E-state index in [0.717, 1.165) is 5.65 Å². The van der Waals surface area contributed by atoms with Crippen molar-refractivity contribution < 1.29 is 14.7 Å². The molecule has 1 N–H and O–H groups in total. The Hall–Kier alpha value is -2.22. The van der Waals surface area contributed by atoms with E-state index in [1.54, 1.807) is 24.9 Å². The van der Waals surface area contributed by atoms with Crippen molar-refractivity contribution in [3.63, 3.8) is 0 Å². The van der Waals surface area contributed by atoms with Crippen LogP contribution in [0.2, 0.25) is 0 Å². The molecule has 4 rings (SSSR count). The van der Waals surface area contributed by atoms with Crippen LogP contribution in [-0.4, -0.2) is 41.4 Å². The van der Waals surface area contributed by atoms with Crippen molar-refractivity contribution in [3.8, 4) is 0 Å². The van der Waals surface area contributed by atoms with Crippen LogP contribution in [0, 0.1) is 0 Å². The van der Waals surface area contributed by atoms with Crippen LogP contribution in [0.5, 0.6) is 0 Å². The average Bonchev–Trinajstić information content (AvgIpc) is 3.02. The van der Waals surface area contributed by atoms with E-state index in [-0.39, 0.29) is 22.4 Å². The number of hydrogen-bond acceptors (Lipinski definition) is 4. The van der Waals surface area contributed by atoms with Gasteiger partial charge in [-0.1, -0.05) is 0 Å². The van der Waals surface area contributed by atoms with Crippen LogP contribution in [0.1, 0.15) is 18.7 Å². The Labute approximate surface area is 123 Å². The molecule has 2 aliphatic rings. The highest BCUT2D eigenvalue weighted by Gasteiger charge is 2.48. The van der Waals surface area contributed by atoms with E-state index in [1.165, 1.54) is 4.90 Å². The minimum Gasteiger partial charge on any atom is -0.477 e. The molecule has 1 amide bonds. The van der Waals surface area contributed by atoms with Gasteiger partial charge < -0.3 is 5.11 Å². The SMILES string of the molecule is CC1=C(C(=O)O)N2C(=O)CC2SC1n1ccc2nccn21. The zero-order valence-corrected chi connectivity index (χ0v) is 11.9. The summed E-state index contributed by atoms with van der Waals surface area (Å²) in [6.45, 7) is 1.77. The maximum absolute atomic E-state index is 11.7. The van der Waals surface area contributed by atoms with Crippen molar-refractivity contribution in [1.82, 2.24) is 19.1 Å². The van der Waals surface area contributed by atoms with E-state index in [0.29, 0.717) is 12.0 Å². The van der Waals surface area contributed by atoms with Crippen LogP contribution >= 0.6 is 11.8 Å². The van der Waals surface area contributed by atoms with Crippen molar-refractivity contribution in [2.45, 2.75) is 24.1 Å². The van der Waals surface area contributed by atoms with Crippen molar-refractivity contribution in [2.75, 3.05) is 0 Å². The van der Waals surface area contributed by atoms with E-state index >= 15 is 0 Å². The maximum atomic E-state index is 11.7. The first-order valence-electron chi connectivity index (χ1n) is 6.49. The number of thioether (sulfide) groups is 1. The first-order chi connectivity index (χ1) is 10.1. The molecule has 0 spiro atoms. The molecule has 2 aromatic rings. The summed E-state index contributed by atoms with van der Waals surface area (Å²) in [5.74, 6) is -1.17. The van der Waals surface area contributed by atoms with Crippen molar-refractivity contribution in [1.29, 1.82) is 0 Å². The van der Waals surface area contributed by atoms with Crippen molar-refractivity contribution >= 4 is 29.3 Å². The number of imidazole rings is 1. The van der Waals surface area contributed by atoms with E-state index < -0.39 is 5.97 Å². The third-order valence-corrected chi connectivity index (χ3v) is 5.41. The van der Waals surface area contributed by atoms with Gasteiger partial charge in [-0.15, -0.1) is 11.8 Å². The van der Waals surface area contributed by atoms with Gasteiger partial charge in [-0.25, -0.2) is 14.3 Å². The van der Waals surface area contributed by atoms with Gasteiger partial charge in [-0.2, -0.15) is 0 Å². The summed E-state index contributed by atoms with van der Waals surface area (Å²) in [7, 11) is 0. The Balaban J connectivity index is 1.86. The Morgan fingerprint density at radius 2 is 2.29 bits per heavy atom. The molecule has 0 aromatic carbocycles. The monoisotopic (exact) mass is 304 g/mol. The molecule has 2 aliphatic heterocycles. The Kier molecular flexibility index (Phi) is 2.47. The molecule has 0 saturated carbocycles. The molecule has 2 atom stereocenters. The quantitative estimate of drug-likeness (QED) is 0.846. The molecular weight excluding hydrogens is 292 g/mol. The molecule has 108 valence electrons. The smallest absolute Gasteiger partial charge is 0.352 e. The number of carbonyl (C=O) groups excluding carboxylic acids is 1. The predicted octanol–water partition coefficient (Wildman–Crippen LogP) is 1.30. The number of fused-ring (bicyclic) bond motifs is 2. The number of carboxylic acids is 1. The second kappa shape index (κ2) is 4.14. The van der Waals surface area contributed by atoms with Crippen LogP contribution < -0.4 is 0 Å². The maximum Gasteiger partial charge on any atom is 0.352 e. The van der Waals surface area contributed by atoms with Gasteiger partial charge in [0.25, 0.3) is 0 Å². The zero-order chi connectivity index (χ0) is 14.7. The van der Waals surface area contributed by atoms with Crippen LogP contribution in [0.25, 0.3) is 5.65 Å². The number of aromatic nitrogens is 3. The summed E-state index contributed by atoms with van der Waals surface area (Å²) in [5, 5.41) is 9.19. The molecule has 1 saturated heterocycles. The number of carbonyl (C=O) groups is 2. The zero-order valence-electron chi connectivity index (χ0n) is 11.1. The largest absolute Gasteiger partial charge is 0.477 e. The predicted molar refractivity (Wildman–Crippen MR) is 75.4 cm³/mol. The average molecular weight is 304 g/mol. The van der Waals surface area contributed by atoms with Crippen molar-refractivity contribution in [2.24, 2.45) is 0 Å². The van der Waals surface area contributed by atoms with E-state index in [1.807, 2.05) is 27.7 Å². The Morgan fingerprint density at radius 1 is 1.48 bits per heavy atom. The summed E-state index contributed by atoms with van der Waals surface area (Å²) in [5.41, 5.74) is 1.59. The summed E-state index contributed by atoms with van der Waals surface area (Å²) in [4.78, 5) is 28.8. The minimum absolute atomic E-state index is 0.0988. The Morgan fingerprint density at radius 3 is 3.00 bits per heavy atom. The van der Waals surface area contributed by atoms with E-state index in [2.05, 4.69) is 4.98 Å². The molecule has 0 radical (unpaired) electrons. The van der Waals surface area contributed by atoms with Gasteiger partial charge >= 0.3 is 5.97 Å². The highest BCUT2D eigenvalue weighted by atomic mass is 32.2. The molecule has 1 fully saturated rings. The van der Waals surface area contributed by atoms with Gasteiger partial charge in [-0.05, 0) is 12.5 Å². The van der Waals surface area contributed by atoms with Gasteiger partial charge in [0.05, 0.1) is 11.8 Å². The number of rotatable bonds is 2. The van der Waals surface area contributed by atoms with Crippen LogP contribution in [0.15, 0.2) is 35.9 Å². The fourth-order valence-corrected chi connectivity index (χ4v) is 4.38. The number of β-lactam (4-membered cyclic amide) rings is 1. The summed E-state index contributed by atoms with van der Waals surface area (Å²) in [6, 6.07) is 1.88. The van der Waals surface area contributed by atoms with Gasteiger partial charge in [0.1, 0.15) is 11.1 Å². The second-order valence-electron chi connectivity index (χ2n) is 5.07. The summed E-state index contributed by atoms with van der Waals surface area (Å²) in [6.07, 6.45) is 5.82. The topological polar surface area (TPSA) is 79.8 Å². The number of hydrogen-bond donors (Lipinski definition) is 1. The molecule has 2 unspecified atom stereocenters. The molecular formula is C13H12N4O3S. The lowest BCUT2D eigenvalue weighted by Crippen LogP contribution is -2.54. The number of nitrogens with zero attached hydrogens (tertiary/aromatic N) is 4. The molecule has 0 bridgehead atoms. The third kappa shape index (κ3) is 1.59. The Bertz CT molecular complexity index is 805. The normalized spacial score (nSPS) is 25.2. The molecule has 0 aliphatic carbocycles. The van der Waals surface area contributed by atoms with Crippen LogP contribution in [-0.2, 0) is 9.59 Å². The number of amides is 1. The lowest BCUT2D eigenvalue weighted by atomic mass is 10.1. The van der Waals surface area contributed by atoms with Gasteiger partial charge in [0.15, 0.2) is 5.65 Å². The first kappa shape index (κ1) is 12.5. The number of aliphatic carboxylic acids is 1. The first-order valence-corrected chi connectivity index (χ1v) is 7.44.